The van der Waals surface area contributed by atoms with Gasteiger partial charge in [0.25, 0.3) is 5.56 Å². The second kappa shape index (κ2) is 10.7. The highest BCUT2D eigenvalue weighted by Gasteiger charge is 2.48. The first kappa shape index (κ1) is 29.0. The van der Waals surface area contributed by atoms with E-state index in [4.69, 9.17) is 4.74 Å². The van der Waals surface area contributed by atoms with Gasteiger partial charge in [0, 0.05) is 17.8 Å². The van der Waals surface area contributed by atoms with Gasteiger partial charge in [0.05, 0.1) is 11.9 Å². The lowest BCUT2D eigenvalue weighted by Crippen LogP contribution is -2.35. The molecule has 1 amide bonds. The Morgan fingerprint density at radius 1 is 1.03 bits per heavy atom. The van der Waals surface area contributed by atoms with Crippen LogP contribution >= 0.6 is 0 Å². The molecule has 206 valence electrons. The molecule has 0 unspecified atom stereocenters. The van der Waals surface area contributed by atoms with Crippen LogP contribution in [0.5, 0.6) is 5.75 Å². The Balaban J connectivity index is 2.27. The van der Waals surface area contributed by atoms with Crippen molar-refractivity contribution in [2.45, 2.75) is 58.8 Å². The van der Waals surface area contributed by atoms with Crippen LogP contribution in [0, 0.1) is 5.92 Å². The number of alkyl halides is 3. The molecule has 3 rings (SSSR count). The molecule has 0 aliphatic heterocycles. The fourth-order valence-corrected chi connectivity index (χ4v) is 4.29. The number of hydrogen-bond acceptors (Lipinski definition) is 6. The van der Waals surface area contributed by atoms with Crippen molar-refractivity contribution in [3.8, 4) is 16.9 Å². The number of ether oxygens (including phenoxy) is 1. The van der Waals surface area contributed by atoms with Crippen LogP contribution in [-0.2, 0) is 27.9 Å². The first-order chi connectivity index (χ1) is 17.5. The fraction of sp³-hybridized carbons (Fsp3) is 0.385. The lowest BCUT2D eigenvalue weighted by atomic mass is 9.96. The summed E-state index contributed by atoms with van der Waals surface area (Å²) < 4.78 is 72.8. The molecule has 0 saturated carbocycles. The second-order valence-electron chi connectivity index (χ2n) is 10.0. The first-order valence-corrected chi connectivity index (χ1v) is 13.1. The number of aromatic nitrogens is 1. The van der Waals surface area contributed by atoms with E-state index in [1.807, 2.05) is 13.8 Å². The minimum atomic E-state index is -5.94. The predicted octanol–water partition coefficient (Wildman–Crippen LogP) is 5.58. The molecule has 0 bridgehead atoms. The van der Waals surface area contributed by atoms with Crippen LogP contribution in [0.2, 0.25) is 0 Å². The van der Waals surface area contributed by atoms with Gasteiger partial charge in [0.2, 0.25) is 0 Å². The molecule has 1 heterocycles. The lowest BCUT2D eigenvalue weighted by Gasteiger charge is -2.23. The molecular weight excluding hydrogens is 525 g/mol. The van der Waals surface area contributed by atoms with Gasteiger partial charge < -0.3 is 18.8 Å². The summed E-state index contributed by atoms with van der Waals surface area (Å²) in [5.74, 6) is -0.680. The Hall–Kier alpha value is -3.54. The molecule has 0 aliphatic rings. The molecule has 0 aliphatic carbocycles. The summed E-state index contributed by atoms with van der Waals surface area (Å²) in [5.41, 5.74) is -5.30. The molecular formula is C26H29F3N2O6S. The zero-order chi connectivity index (χ0) is 28.5. The molecule has 8 nitrogen and oxygen atoms in total. The molecule has 12 heteroatoms. The second-order valence-corrected chi connectivity index (χ2v) is 11.6. The maximum absolute atomic E-state index is 13.6. The van der Waals surface area contributed by atoms with Crippen LogP contribution in [0.3, 0.4) is 0 Å². The molecule has 2 aromatic carbocycles. The number of carbonyl (C=O) groups excluding carboxylic acids is 1. The fourth-order valence-electron chi connectivity index (χ4n) is 3.84. The Morgan fingerprint density at radius 2 is 1.66 bits per heavy atom. The van der Waals surface area contributed by atoms with Gasteiger partial charge in [-0.15, -0.1) is 0 Å². The summed E-state index contributed by atoms with van der Waals surface area (Å²) in [5, 5.41) is 2.99. The highest BCUT2D eigenvalue weighted by molar-refractivity contribution is 7.88. The molecule has 3 aromatic rings. The maximum Gasteiger partial charge on any atom is 0.534 e. The Labute approximate surface area is 218 Å². The van der Waals surface area contributed by atoms with Crippen molar-refractivity contribution < 1.29 is 35.3 Å². The minimum absolute atomic E-state index is 0.0286. The SMILES string of the molecule is CC(C)Cn1c(CNC(=O)OC(C)(C)C)c(-c2ccccc2)c2ccc(OS(=O)(=O)C(F)(F)F)cc2c1=O. The van der Waals surface area contributed by atoms with E-state index in [0.29, 0.717) is 22.2 Å². The largest absolute Gasteiger partial charge is 0.534 e. The molecule has 38 heavy (non-hydrogen) atoms. The number of pyridine rings is 1. The number of amides is 1. The summed E-state index contributed by atoms with van der Waals surface area (Å²) >= 11 is 0. The summed E-state index contributed by atoms with van der Waals surface area (Å²) in [6.45, 7) is 9.02. The quantitative estimate of drug-likeness (QED) is 0.302. The van der Waals surface area contributed by atoms with Gasteiger partial charge in [-0.2, -0.15) is 21.6 Å². The van der Waals surface area contributed by atoms with Gasteiger partial charge in [0.15, 0.2) is 0 Å². The minimum Gasteiger partial charge on any atom is -0.444 e. The van der Waals surface area contributed by atoms with Crippen LogP contribution in [-0.4, -0.2) is 30.2 Å². The summed E-state index contributed by atoms with van der Waals surface area (Å²) in [6, 6.07) is 12.3. The predicted molar refractivity (Wildman–Crippen MR) is 137 cm³/mol. The smallest absolute Gasteiger partial charge is 0.444 e. The van der Waals surface area contributed by atoms with Crippen molar-refractivity contribution in [2.24, 2.45) is 5.92 Å². The third-order valence-electron chi connectivity index (χ3n) is 5.25. The Bertz CT molecular complexity index is 1490. The van der Waals surface area contributed by atoms with Crippen molar-refractivity contribution in [3.05, 3.63) is 64.6 Å². The number of nitrogens with one attached hydrogen (secondary N) is 1. The number of fused-ring (bicyclic) bond motifs is 1. The number of carbonyl (C=O) groups is 1. The van der Waals surface area contributed by atoms with Crippen molar-refractivity contribution in [1.82, 2.24) is 9.88 Å². The number of halogens is 3. The Morgan fingerprint density at radius 3 is 2.21 bits per heavy atom. The van der Waals surface area contributed by atoms with E-state index in [1.54, 1.807) is 51.1 Å². The number of benzene rings is 2. The molecule has 1 aromatic heterocycles. The highest BCUT2D eigenvalue weighted by atomic mass is 32.2. The van der Waals surface area contributed by atoms with Gasteiger partial charge in [-0.3, -0.25) is 4.79 Å². The summed E-state index contributed by atoms with van der Waals surface area (Å²) in [4.78, 5) is 26.1. The lowest BCUT2D eigenvalue weighted by molar-refractivity contribution is -0.0500. The maximum atomic E-state index is 13.6. The Kier molecular flexibility index (Phi) is 8.16. The van der Waals surface area contributed by atoms with E-state index in [9.17, 15) is 31.2 Å². The molecule has 0 radical (unpaired) electrons. The monoisotopic (exact) mass is 554 g/mol. The third-order valence-corrected chi connectivity index (χ3v) is 6.23. The zero-order valence-corrected chi connectivity index (χ0v) is 22.4. The molecule has 0 atom stereocenters. The van der Waals surface area contributed by atoms with Crippen LogP contribution in [0.4, 0.5) is 18.0 Å². The van der Waals surface area contributed by atoms with Crippen molar-refractivity contribution in [2.75, 3.05) is 0 Å². The van der Waals surface area contributed by atoms with Gasteiger partial charge >= 0.3 is 21.7 Å². The van der Waals surface area contributed by atoms with Crippen LogP contribution in [0.15, 0.2) is 53.3 Å². The normalized spacial score (nSPS) is 12.6. The number of hydrogen-bond donors (Lipinski definition) is 1. The van der Waals surface area contributed by atoms with E-state index in [1.165, 1.54) is 10.6 Å². The van der Waals surface area contributed by atoms with E-state index in [-0.39, 0.29) is 24.4 Å². The zero-order valence-electron chi connectivity index (χ0n) is 21.5. The van der Waals surface area contributed by atoms with Crippen LogP contribution in [0.1, 0.15) is 40.3 Å². The molecule has 0 fully saturated rings. The van der Waals surface area contributed by atoms with Gasteiger partial charge in [-0.05, 0) is 55.8 Å². The molecule has 0 spiro atoms. The number of nitrogens with zero attached hydrogens (tertiary/aromatic N) is 1. The topological polar surface area (TPSA) is 104 Å². The van der Waals surface area contributed by atoms with Crippen molar-refractivity contribution in [3.63, 3.8) is 0 Å². The van der Waals surface area contributed by atoms with Crippen LogP contribution in [0.25, 0.3) is 21.9 Å². The van der Waals surface area contributed by atoms with Crippen molar-refractivity contribution >= 4 is 27.0 Å². The summed E-state index contributed by atoms with van der Waals surface area (Å²) in [6.07, 6.45) is -0.693. The van der Waals surface area contributed by atoms with Gasteiger partial charge in [0.1, 0.15) is 11.4 Å². The average molecular weight is 555 g/mol. The standard InChI is InChI=1S/C26H29F3N2O6S/c1-16(2)15-31-21(14-30-24(33)36-25(3,4)5)22(17-9-7-6-8-10-17)19-12-11-18(13-20(19)23(31)32)37-38(34,35)26(27,28)29/h6-13,16H,14-15H2,1-5H3,(H,30,33). The highest BCUT2D eigenvalue weighted by Crippen LogP contribution is 2.34. The van der Waals surface area contributed by atoms with E-state index in [2.05, 4.69) is 9.50 Å². The summed E-state index contributed by atoms with van der Waals surface area (Å²) in [7, 11) is -5.94. The van der Waals surface area contributed by atoms with Crippen molar-refractivity contribution in [1.29, 1.82) is 0 Å². The first-order valence-electron chi connectivity index (χ1n) is 11.7. The van der Waals surface area contributed by atoms with E-state index in [0.717, 1.165) is 12.1 Å². The van der Waals surface area contributed by atoms with E-state index < -0.39 is 38.6 Å². The van der Waals surface area contributed by atoms with Gasteiger partial charge in [-0.1, -0.05) is 44.2 Å². The average Bonchev–Trinajstić information content (AvgIpc) is 2.78. The number of alkyl carbamates (subject to hydrolysis) is 1. The number of rotatable bonds is 7. The van der Waals surface area contributed by atoms with E-state index >= 15 is 0 Å². The molecule has 0 saturated heterocycles. The third kappa shape index (κ3) is 6.66. The molecule has 1 N–H and O–H groups in total. The van der Waals surface area contributed by atoms with Gasteiger partial charge in [-0.25, -0.2) is 4.79 Å². The van der Waals surface area contributed by atoms with Crippen LogP contribution < -0.4 is 15.1 Å².